The fourth-order valence-corrected chi connectivity index (χ4v) is 3.18. The van der Waals surface area contributed by atoms with Crippen LogP contribution in [0.2, 0.25) is 0 Å². The van der Waals surface area contributed by atoms with Crippen molar-refractivity contribution in [3.05, 3.63) is 36.4 Å². The Morgan fingerprint density at radius 2 is 1.96 bits per heavy atom. The largest absolute Gasteiger partial charge is 0.475 e. The molecule has 0 aromatic carbocycles. The summed E-state index contributed by atoms with van der Waals surface area (Å²) in [7, 11) is 0. The van der Waals surface area contributed by atoms with Gasteiger partial charge in [0.05, 0.1) is 31.2 Å². The molecule has 0 unspecified atom stereocenters. The summed E-state index contributed by atoms with van der Waals surface area (Å²) < 4.78 is 12.8. The molecule has 1 N–H and O–H groups in total. The van der Waals surface area contributed by atoms with Gasteiger partial charge in [-0.15, -0.1) is 0 Å². The molecule has 1 aliphatic heterocycles. The Labute approximate surface area is 164 Å². The molecular formula is C20H27N5O3. The second-order valence-electron chi connectivity index (χ2n) is 6.05. The Balaban J connectivity index is 0.00000109. The highest BCUT2D eigenvalue weighted by molar-refractivity contribution is 5.73. The van der Waals surface area contributed by atoms with Crippen LogP contribution in [0.15, 0.2) is 30.7 Å². The molecular weight excluding hydrogens is 358 g/mol. The molecule has 1 fully saturated rings. The van der Waals surface area contributed by atoms with Gasteiger partial charge in [0.15, 0.2) is 11.5 Å². The molecule has 0 bridgehead atoms. The first kappa shape index (κ1) is 20.0. The number of morpholine rings is 1. The van der Waals surface area contributed by atoms with Crippen molar-refractivity contribution in [3.63, 3.8) is 0 Å². The minimum absolute atomic E-state index is 0.0346. The number of pyridine rings is 1. The van der Waals surface area contributed by atoms with Gasteiger partial charge in [-0.25, -0.2) is 15.0 Å². The Morgan fingerprint density at radius 1 is 1.18 bits per heavy atom. The third kappa shape index (κ3) is 4.07. The van der Waals surface area contributed by atoms with Crippen molar-refractivity contribution in [3.8, 4) is 17.1 Å². The lowest BCUT2D eigenvalue weighted by Crippen LogP contribution is -2.37. The fraction of sp³-hybridized carbons (Fsp3) is 0.450. The summed E-state index contributed by atoms with van der Waals surface area (Å²) in [6.07, 6.45) is 5.48. The second-order valence-corrected chi connectivity index (χ2v) is 6.05. The zero-order valence-electron chi connectivity index (χ0n) is 16.6. The molecule has 0 amide bonds. The van der Waals surface area contributed by atoms with Gasteiger partial charge < -0.3 is 19.5 Å². The van der Waals surface area contributed by atoms with E-state index in [0.717, 1.165) is 41.5 Å². The number of anilines is 1. The maximum Gasteiger partial charge on any atom is 0.213 e. The predicted molar refractivity (Wildman–Crippen MR) is 108 cm³/mol. The summed E-state index contributed by atoms with van der Waals surface area (Å²) in [5.41, 5.74) is 3.68. The molecule has 3 aromatic heterocycles. The summed E-state index contributed by atoms with van der Waals surface area (Å²) in [4.78, 5) is 15.8. The highest BCUT2D eigenvalue weighted by Gasteiger charge is 2.20. The number of rotatable bonds is 5. The SMILES string of the molecule is CC.Cc1nc2c(N3CCOCC3)nccn2c1-c1ccc(OCCO)nc1. The van der Waals surface area contributed by atoms with E-state index in [4.69, 9.17) is 19.6 Å². The smallest absolute Gasteiger partial charge is 0.213 e. The van der Waals surface area contributed by atoms with E-state index >= 15 is 0 Å². The lowest BCUT2D eigenvalue weighted by Gasteiger charge is -2.27. The number of imidazole rings is 1. The summed E-state index contributed by atoms with van der Waals surface area (Å²) in [5.74, 6) is 1.37. The standard InChI is InChI=1S/C18H21N5O3.C2H6/c1-13-16(14-2-3-15(20-12-14)26-11-8-24)23-5-4-19-17(18(23)21-13)22-6-9-25-10-7-22;1-2/h2-5,12,24H,6-11H2,1H3;1-2H3. The quantitative estimate of drug-likeness (QED) is 0.721. The second kappa shape index (κ2) is 9.48. The van der Waals surface area contributed by atoms with E-state index in [1.165, 1.54) is 0 Å². The number of aryl methyl sites for hydroxylation is 1. The molecule has 8 heteroatoms. The molecule has 28 heavy (non-hydrogen) atoms. The molecule has 1 aliphatic rings. The van der Waals surface area contributed by atoms with Crippen LogP contribution in [0.25, 0.3) is 16.9 Å². The van der Waals surface area contributed by atoms with Crippen LogP contribution in [0.4, 0.5) is 5.82 Å². The van der Waals surface area contributed by atoms with Crippen LogP contribution in [0.1, 0.15) is 19.5 Å². The van der Waals surface area contributed by atoms with Crippen molar-refractivity contribution < 1.29 is 14.6 Å². The normalized spacial score (nSPS) is 13.9. The van der Waals surface area contributed by atoms with Crippen molar-refractivity contribution in [2.45, 2.75) is 20.8 Å². The number of aromatic nitrogens is 4. The molecule has 0 radical (unpaired) electrons. The van der Waals surface area contributed by atoms with Crippen LogP contribution < -0.4 is 9.64 Å². The van der Waals surface area contributed by atoms with Crippen LogP contribution in [0.5, 0.6) is 5.88 Å². The van der Waals surface area contributed by atoms with E-state index in [1.807, 2.05) is 33.0 Å². The lowest BCUT2D eigenvalue weighted by molar-refractivity contribution is 0.122. The van der Waals surface area contributed by atoms with Gasteiger partial charge in [0, 0.05) is 43.3 Å². The van der Waals surface area contributed by atoms with Gasteiger partial charge in [-0.1, -0.05) is 13.8 Å². The average Bonchev–Trinajstić information content (AvgIpc) is 3.10. The first-order valence-corrected chi connectivity index (χ1v) is 9.64. The third-order valence-corrected chi connectivity index (χ3v) is 4.36. The zero-order chi connectivity index (χ0) is 19.9. The van der Waals surface area contributed by atoms with E-state index in [2.05, 4.69) is 19.3 Å². The molecule has 4 heterocycles. The summed E-state index contributed by atoms with van der Waals surface area (Å²) in [6, 6.07) is 3.75. The summed E-state index contributed by atoms with van der Waals surface area (Å²) >= 11 is 0. The molecule has 0 saturated carbocycles. The lowest BCUT2D eigenvalue weighted by atomic mass is 10.2. The van der Waals surface area contributed by atoms with Crippen molar-refractivity contribution in [1.29, 1.82) is 0 Å². The van der Waals surface area contributed by atoms with E-state index in [-0.39, 0.29) is 13.2 Å². The Bertz CT molecular complexity index is 889. The topological polar surface area (TPSA) is 85.0 Å². The average molecular weight is 385 g/mol. The number of hydrogen-bond donors (Lipinski definition) is 1. The van der Waals surface area contributed by atoms with Gasteiger partial charge in [0.1, 0.15) is 6.61 Å². The number of hydrogen-bond acceptors (Lipinski definition) is 7. The molecule has 1 saturated heterocycles. The predicted octanol–water partition coefficient (Wildman–Crippen LogP) is 2.33. The van der Waals surface area contributed by atoms with Crippen LogP contribution in [0, 0.1) is 6.92 Å². The van der Waals surface area contributed by atoms with Gasteiger partial charge in [-0.2, -0.15) is 0 Å². The number of nitrogens with zero attached hydrogens (tertiary/aromatic N) is 5. The number of aliphatic hydroxyl groups is 1. The third-order valence-electron chi connectivity index (χ3n) is 4.36. The highest BCUT2D eigenvalue weighted by Crippen LogP contribution is 2.29. The molecule has 0 atom stereocenters. The molecule has 8 nitrogen and oxygen atoms in total. The fourth-order valence-electron chi connectivity index (χ4n) is 3.18. The molecule has 3 aromatic rings. The maximum atomic E-state index is 8.84. The van der Waals surface area contributed by atoms with Gasteiger partial charge in [-0.05, 0) is 13.0 Å². The Kier molecular flexibility index (Phi) is 6.78. The van der Waals surface area contributed by atoms with E-state index in [0.29, 0.717) is 19.1 Å². The van der Waals surface area contributed by atoms with E-state index in [9.17, 15) is 0 Å². The van der Waals surface area contributed by atoms with Crippen molar-refractivity contribution in [2.75, 3.05) is 44.4 Å². The molecule has 150 valence electrons. The van der Waals surface area contributed by atoms with Crippen molar-refractivity contribution in [1.82, 2.24) is 19.4 Å². The number of fused-ring (bicyclic) bond motifs is 1. The van der Waals surface area contributed by atoms with Gasteiger partial charge in [0.2, 0.25) is 5.88 Å². The van der Waals surface area contributed by atoms with Crippen LogP contribution in [-0.2, 0) is 4.74 Å². The molecule has 0 spiro atoms. The highest BCUT2D eigenvalue weighted by atomic mass is 16.5. The monoisotopic (exact) mass is 385 g/mol. The minimum atomic E-state index is -0.0346. The Hall–Kier alpha value is -2.71. The van der Waals surface area contributed by atoms with E-state index in [1.54, 1.807) is 18.5 Å². The van der Waals surface area contributed by atoms with Crippen molar-refractivity contribution in [2.24, 2.45) is 0 Å². The van der Waals surface area contributed by atoms with Crippen molar-refractivity contribution >= 4 is 11.5 Å². The number of ether oxygens (including phenoxy) is 2. The first-order chi connectivity index (χ1) is 13.8. The van der Waals surface area contributed by atoms with E-state index < -0.39 is 0 Å². The van der Waals surface area contributed by atoms with Gasteiger partial charge >= 0.3 is 0 Å². The zero-order valence-corrected chi connectivity index (χ0v) is 16.6. The molecule has 0 aliphatic carbocycles. The minimum Gasteiger partial charge on any atom is -0.475 e. The van der Waals surface area contributed by atoms with Gasteiger partial charge in [0.25, 0.3) is 0 Å². The Morgan fingerprint density at radius 3 is 2.64 bits per heavy atom. The first-order valence-electron chi connectivity index (χ1n) is 9.64. The van der Waals surface area contributed by atoms with Gasteiger partial charge in [-0.3, -0.25) is 4.40 Å². The number of aliphatic hydroxyl groups excluding tert-OH is 1. The summed E-state index contributed by atoms with van der Waals surface area (Å²) in [6.45, 7) is 9.21. The van der Waals surface area contributed by atoms with Crippen LogP contribution >= 0.6 is 0 Å². The summed E-state index contributed by atoms with van der Waals surface area (Å²) in [5, 5.41) is 8.84. The molecule has 4 rings (SSSR count). The van der Waals surface area contributed by atoms with Crippen LogP contribution in [0.3, 0.4) is 0 Å². The maximum absolute atomic E-state index is 8.84. The van der Waals surface area contributed by atoms with Crippen LogP contribution in [-0.4, -0.2) is 64.0 Å².